The summed E-state index contributed by atoms with van der Waals surface area (Å²) in [5, 5.41) is 5.89. The van der Waals surface area contributed by atoms with Gasteiger partial charge in [0.1, 0.15) is 12.1 Å². The van der Waals surface area contributed by atoms with Crippen LogP contribution in [0.1, 0.15) is 86.0 Å². The van der Waals surface area contributed by atoms with E-state index >= 15 is 0 Å². The minimum atomic E-state index is -0.834. The summed E-state index contributed by atoms with van der Waals surface area (Å²) in [7, 11) is 0. The van der Waals surface area contributed by atoms with Gasteiger partial charge >= 0.3 is 6.09 Å². The molecule has 1 saturated carbocycles. The number of hydrogen-bond donors (Lipinski definition) is 3. The maximum absolute atomic E-state index is 13.8. The molecule has 8 nitrogen and oxygen atoms in total. The van der Waals surface area contributed by atoms with Gasteiger partial charge in [0.05, 0.1) is 6.10 Å². The molecule has 0 aromatic heterocycles. The van der Waals surface area contributed by atoms with Gasteiger partial charge in [0, 0.05) is 23.9 Å². The number of hydrogen-bond acceptors (Lipinski definition) is 6. The van der Waals surface area contributed by atoms with Gasteiger partial charge in [-0.3, -0.25) is 9.59 Å². The normalized spacial score (nSPS) is 22.5. The van der Waals surface area contributed by atoms with Gasteiger partial charge in [0.15, 0.2) is 0 Å². The SMILES string of the molecule is CCCCSC(C)(C)[C@@H](NC(=O)OC(C)C)C(=O)N1C[C@H](N)C[C@H]1C(=O)NCC1CCCCC1. The lowest BCUT2D eigenvalue weighted by Crippen LogP contribution is -2.60. The van der Waals surface area contributed by atoms with Crippen LogP contribution in [0.15, 0.2) is 0 Å². The minimum absolute atomic E-state index is 0.146. The van der Waals surface area contributed by atoms with E-state index in [1.54, 1.807) is 30.5 Å². The second-order valence-corrected chi connectivity index (χ2v) is 12.3. The molecular formula is C25H46N4O4S. The largest absolute Gasteiger partial charge is 0.447 e. The monoisotopic (exact) mass is 498 g/mol. The Morgan fingerprint density at radius 2 is 1.85 bits per heavy atom. The van der Waals surface area contributed by atoms with Gasteiger partial charge in [-0.2, -0.15) is 11.8 Å². The molecule has 0 bridgehead atoms. The Balaban J connectivity index is 2.14. The lowest BCUT2D eigenvalue weighted by atomic mass is 9.89. The number of ether oxygens (including phenoxy) is 1. The third kappa shape index (κ3) is 8.63. The van der Waals surface area contributed by atoms with E-state index in [1.165, 1.54) is 19.3 Å². The van der Waals surface area contributed by atoms with Gasteiger partial charge in [-0.15, -0.1) is 0 Å². The smallest absolute Gasteiger partial charge is 0.408 e. The topological polar surface area (TPSA) is 114 Å². The summed E-state index contributed by atoms with van der Waals surface area (Å²) in [6.07, 6.45) is 7.54. The van der Waals surface area contributed by atoms with Crippen molar-refractivity contribution in [3.8, 4) is 0 Å². The molecule has 0 radical (unpaired) electrons. The lowest BCUT2D eigenvalue weighted by Gasteiger charge is -2.37. The van der Waals surface area contributed by atoms with E-state index in [9.17, 15) is 14.4 Å². The number of alkyl carbamates (subject to hydrolysis) is 1. The quantitative estimate of drug-likeness (QED) is 0.376. The van der Waals surface area contributed by atoms with Crippen molar-refractivity contribution in [3.05, 3.63) is 0 Å². The van der Waals surface area contributed by atoms with Crippen LogP contribution < -0.4 is 16.4 Å². The van der Waals surface area contributed by atoms with E-state index in [1.807, 2.05) is 13.8 Å². The van der Waals surface area contributed by atoms with E-state index < -0.39 is 22.9 Å². The summed E-state index contributed by atoms with van der Waals surface area (Å²) < 4.78 is 4.70. The minimum Gasteiger partial charge on any atom is -0.447 e. The maximum Gasteiger partial charge on any atom is 0.408 e. The molecule has 1 heterocycles. The fourth-order valence-corrected chi connectivity index (χ4v) is 6.03. The number of thioether (sulfide) groups is 1. The number of amides is 3. The summed E-state index contributed by atoms with van der Waals surface area (Å²) >= 11 is 1.65. The van der Waals surface area contributed by atoms with E-state index in [0.717, 1.165) is 31.4 Å². The predicted octanol–water partition coefficient (Wildman–Crippen LogP) is 3.43. The molecule has 9 heteroatoms. The molecule has 0 unspecified atom stereocenters. The first kappa shape index (κ1) is 28.8. The molecule has 2 fully saturated rings. The van der Waals surface area contributed by atoms with Gasteiger partial charge in [-0.1, -0.05) is 32.6 Å². The van der Waals surface area contributed by atoms with Crippen LogP contribution >= 0.6 is 11.8 Å². The molecule has 2 aliphatic rings. The summed E-state index contributed by atoms with van der Waals surface area (Å²) in [5.41, 5.74) is 6.21. The van der Waals surface area contributed by atoms with Crippen molar-refractivity contribution in [1.82, 2.24) is 15.5 Å². The van der Waals surface area contributed by atoms with Crippen LogP contribution in [0, 0.1) is 5.92 Å². The second-order valence-electron chi connectivity index (χ2n) is 10.6. The van der Waals surface area contributed by atoms with Crippen molar-refractivity contribution in [1.29, 1.82) is 0 Å². The van der Waals surface area contributed by atoms with E-state index in [0.29, 0.717) is 25.4 Å². The van der Waals surface area contributed by atoms with Crippen LogP contribution in [0.25, 0.3) is 0 Å². The van der Waals surface area contributed by atoms with Crippen molar-refractivity contribution in [2.24, 2.45) is 11.7 Å². The summed E-state index contributed by atoms with van der Waals surface area (Å²) in [6.45, 7) is 10.5. The van der Waals surface area contributed by atoms with Gasteiger partial charge < -0.3 is 26.0 Å². The zero-order chi connectivity index (χ0) is 25.3. The van der Waals surface area contributed by atoms with E-state index in [2.05, 4.69) is 17.6 Å². The lowest BCUT2D eigenvalue weighted by molar-refractivity contribution is -0.140. The number of carbonyl (C=O) groups excluding carboxylic acids is 3. The van der Waals surface area contributed by atoms with Crippen LogP contribution in [0.2, 0.25) is 0 Å². The Bertz CT molecular complexity index is 682. The van der Waals surface area contributed by atoms with Crippen LogP contribution in [-0.4, -0.2) is 70.6 Å². The molecule has 3 amide bonds. The highest BCUT2D eigenvalue weighted by atomic mass is 32.2. The molecule has 0 aromatic carbocycles. The first-order valence-corrected chi connectivity index (χ1v) is 14.0. The summed E-state index contributed by atoms with van der Waals surface area (Å²) in [5.74, 6) is 0.956. The number of nitrogens with zero attached hydrogens (tertiary/aromatic N) is 1. The van der Waals surface area contributed by atoms with Crippen LogP contribution in [-0.2, 0) is 14.3 Å². The molecule has 1 saturated heterocycles. The molecule has 3 atom stereocenters. The molecule has 0 spiro atoms. The molecular weight excluding hydrogens is 452 g/mol. The van der Waals surface area contributed by atoms with E-state index in [4.69, 9.17) is 10.5 Å². The molecule has 4 N–H and O–H groups in total. The number of rotatable bonds is 11. The standard InChI is InChI=1S/C25H46N4O4S/c1-6-7-13-34-25(4,5)21(28-24(32)33-17(2)3)23(31)29-16-19(26)14-20(29)22(30)27-15-18-11-9-8-10-12-18/h17-21H,6-16,26H2,1-5H3,(H,27,30)(H,28,32)/t19-,20+,21+/m1/s1. The predicted molar refractivity (Wildman–Crippen MR) is 138 cm³/mol. The number of nitrogens with one attached hydrogen (secondary N) is 2. The molecule has 1 aliphatic carbocycles. The van der Waals surface area contributed by atoms with E-state index in [-0.39, 0.29) is 24.0 Å². The third-order valence-electron chi connectivity index (χ3n) is 6.73. The highest BCUT2D eigenvalue weighted by Crippen LogP contribution is 2.32. The summed E-state index contributed by atoms with van der Waals surface area (Å²) in [4.78, 5) is 41.0. The molecule has 34 heavy (non-hydrogen) atoms. The number of likely N-dealkylation sites (tertiary alicyclic amines) is 1. The first-order valence-electron chi connectivity index (χ1n) is 13.0. The summed E-state index contributed by atoms with van der Waals surface area (Å²) in [6, 6.07) is -1.72. The van der Waals surface area contributed by atoms with Gasteiger partial charge in [-0.25, -0.2) is 4.79 Å². The Morgan fingerprint density at radius 1 is 1.18 bits per heavy atom. The third-order valence-corrected chi connectivity index (χ3v) is 8.20. The number of carbonyl (C=O) groups is 3. The maximum atomic E-state index is 13.8. The van der Waals surface area contributed by atoms with Crippen LogP contribution in [0.5, 0.6) is 0 Å². The molecule has 0 aromatic rings. The van der Waals surface area contributed by atoms with Crippen molar-refractivity contribution in [2.75, 3.05) is 18.8 Å². The molecule has 2 rings (SSSR count). The number of nitrogens with two attached hydrogens (primary N) is 1. The second kappa shape index (κ2) is 13.6. The first-order chi connectivity index (χ1) is 16.0. The van der Waals surface area contributed by atoms with Crippen molar-refractivity contribution in [3.63, 3.8) is 0 Å². The van der Waals surface area contributed by atoms with Crippen molar-refractivity contribution in [2.45, 2.75) is 115 Å². The Labute approximate surface area is 209 Å². The van der Waals surface area contributed by atoms with Crippen LogP contribution in [0.4, 0.5) is 4.79 Å². The highest BCUT2D eigenvalue weighted by molar-refractivity contribution is 8.00. The average Bonchev–Trinajstić information content (AvgIpc) is 3.17. The van der Waals surface area contributed by atoms with Gasteiger partial charge in [0.2, 0.25) is 11.8 Å². The van der Waals surface area contributed by atoms with Gasteiger partial charge in [0.25, 0.3) is 0 Å². The molecule has 1 aliphatic heterocycles. The zero-order valence-electron chi connectivity index (χ0n) is 21.7. The van der Waals surface area contributed by atoms with Crippen molar-refractivity contribution < 1.29 is 19.1 Å². The average molecular weight is 499 g/mol. The van der Waals surface area contributed by atoms with Gasteiger partial charge in [-0.05, 0) is 65.0 Å². The number of unbranched alkanes of at least 4 members (excludes halogenated alkanes) is 1. The Hall–Kier alpha value is -1.48. The molecule has 196 valence electrons. The Kier molecular flexibility index (Phi) is 11.5. The Morgan fingerprint density at radius 3 is 2.47 bits per heavy atom. The van der Waals surface area contributed by atoms with Crippen molar-refractivity contribution >= 4 is 29.7 Å². The highest BCUT2D eigenvalue weighted by Gasteiger charge is 2.46. The van der Waals surface area contributed by atoms with Crippen LogP contribution in [0.3, 0.4) is 0 Å². The fraction of sp³-hybridized carbons (Fsp3) is 0.880. The fourth-order valence-electron chi connectivity index (χ4n) is 4.74. The zero-order valence-corrected chi connectivity index (χ0v) is 22.5.